The fourth-order valence-corrected chi connectivity index (χ4v) is 5.14. The summed E-state index contributed by atoms with van der Waals surface area (Å²) in [6.45, 7) is 0.646. The number of amides is 2. The lowest BCUT2D eigenvalue weighted by Gasteiger charge is -2.20. The minimum absolute atomic E-state index is 0.0825. The van der Waals surface area contributed by atoms with Gasteiger partial charge in [0, 0.05) is 41.0 Å². The van der Waals surface area contributed by atoms with Crippen LogP contribution in [0, 0.1) is 5.82 Å². The zero-order chi connectivity index (χ0) is 25.2. The van der Waals surface area contributed by atoms with E-state index in [1.54, 1.807) is 31.4 Å². The standard InChI is InChI=1S/C25H25FN4O5S/c1-34-16-3-4-21-18(8-16)19(20(26)11-28-21)10-27-9-15(31)7-17-12-30(25(33)35-17)14-2-5-23-22(6-14)29-24(32)13-36-23/h2-6,8,11,15,17,27,31H,7,9-10,12-13H2,1H3,(H,29,32)/t15-,17+/m0/s1. The van der Waals surface area contributed by atoms with Crippen molar-refractivity contribution < 1.29 is 28.6 Å². The predicted molar refractivity (Wildman–Crippen MR) is 134 cm³/mol. The number of ether oxygens (including phenoxy) is 2. The Hall–Kier alpha value is -3.41. The summed E-state index contributed by atoms with van der Waals surface area (Å²) in [5.74, 6) is 0.437. The van der Waals surface area contributed by atoms with Crippen LogP contribution < -0.4 is 20.3 Å². The van der Waals surface area contributed by atoms with Crippen molar-refractivity contribution in [3.05, 3.63) is 54.0 Å². The predicted octanol–water partition coefficient (Wildman–Crippen LogP) is 3.29. The summed E-state index contributed by atoms with van der Waals surface area (Å²) in [7, 11) is 1.54. The van der Waals surface area contributed by atoms with Gasteiger partial charge in [0.2, 0.25) is 5.91 Å². The van der Waals surface area contributed by atoms with Crippen LogP contribution in [0.1, 0.15) is 12.0 Å². The molecule has 11 heteroatoms. The van der Waals surface area contributed by atoms with E-state index in [9.17, 15) is 19.1 Å². The fourth-order valence-electron chi connectivity index (χ4n) is 4.35. The van der Waals surface area contributed by atoms with Crippen molar-refractivity contribution in [3.8, 4) is 5.75 Å². The van der Waals surface area contributed by atoms with Gasteiger partial charge in [0.15, 0.2) is 0 Å². The Balaban J connectivity index is 1.17. The van der Waals surface area contributed by atoms with Crippen molar-refractivity contribution in [2.75, 3.05) is 36.2 Å². The van der Waals surface area contributed by atoms with Crippen LogP contribution in [0.4, 0.5) is 20.6 Å². The van der Waals surface area contributed by atoms with E-state index in [0.29, 0.717) is 39.3 Å². The summed E-state index contributed by atoms with van der Waals surface area (Å²) in [5.41, 5.74) is 2.37. The normalized spacial score (nSPS) is 18.1. The Morgan fingerprint density at radius 3 is 3.03 bits per heavy atom. The molecule has 0 bridgehead atoms. The van der Waals surface area contributed by atoms with E-state index in [-0.39, 0.29) is 32.0 Å². The maximum atomic E-state index is 14.5. The van der Waals surface area contributed by atoms with Crippen molar-refractivity contribution >= 4 is 46.0 Å². The summed E-state index contributed by atoms with van der Waals surface area (Å²) < 4.78 is 25.2. The molecule has 3 aromatic rings. The third-order valence-corrected chi connectivity index (χ3v) is 7.21. The van der Waals surface area contributed by atoms with Crippen molar-refractivity contribution in [1.82, 2.24) is 10.3 Å². The van der Waals surface area contributed by atoms with Crippen molar-refractivity contribution in [3.63, 3.8) is 0 Å². The molecule has 36 heavy (non-hydrogen) atoms. The first-order chi connectivity index (χ1) is 17.4. The van der Waals surface area contributed by atoms with E-state index in [1.165, 1.54) is 22.9 Å². The number of aliphatic hydroxyl groups is 1. The first-order valence-corrected chi connectivity index (χ1v) is 12.4. The van der Waals surface area contributed by atoms with Gasteiger partial charge >= 0.3 is 6.09 Å². The number of rotatable bonds is 8. The van der Waals surface area contributed by atoms with Gasteiger partial charge < -0.3 is 25.2 Å². The Morgan fingerprint density at radius 1 is 1.33 bits per heavy atom. The van der Waals surface area contributed by atoms with Gasteiger partial charge in [0.25, 0.3) is 0 Å². The Morgan fingerprint density at radius 2 is 2.19 bits per heavy atom. The van der Waals surface area contributed by atoms with Gasteiger partial charge in [-0.2, -0.15) is 0 Å². The molecule has 0 radical (unpaired) electrons. The van der Waals surface area contributed by atoms with E-state index in [1.807, 2.05) is 12.1 Å². The molecule has 2 aromatic carbocycles. The average molecular weight is 513 g/mol. The smallest absolute Gasteiger partial charge is 0.414 e. The van der Waals surface area contributed by atoms with Gasteiger partial charge in [-0.25, -0.2) is 9.18 Å². The molecule has 0 aliphatic carbocycles. The highest BCUT2D eigenvalue weighted by Crippen LogP contribution is 2.35. The van der Waals surface area contributed by atoms with Crippen LogP contribution >= 0.6 is 11.8 Å². The van der Waals surface area contributed by atoms with Gasteiger partial charge in [-0.05, 0) is 36.4 Å². The van der Waals surface area contributed by atoms with Crippen LogP contribution in [-0.4, -0.2) is 60.3 Å². The number of hydrogen-bond acceptors (Lipinski definition) is 8. The largest absolute Gasteiger partial charge is 0.497 e. The molecule has 1 saturated heterocycles. The van der Waals surface area contributed by atoms with Crippen molar-refractivity contribution in [2.45, 2.75) is 30.1 Å². The summed E-state index contributed by atoms with van der Waals surface area (Å²) in [6, 6.07) is 10.7. The quantitative estimate of drug-likeness (QED) is 0.422. The molecule has 2 amide bonds. The number of thioether (sulfide) groups is 1. The Bertz CT molecular complexity index is 1320. The summed E-state index contributed by atoms with van der Waals surface area (Å²) in [6.07, 6.45) is -0.418. The number of anilines is 2. The summed E-state index contributed by atoms with van der Waals surface area (Å²) in [5, 5.41) is 17.1. The lowest BCUT2D eigenvalue weighted by Crippen LogP contribution is -2.31. The second-order valence-electron chi connectivity index (χ2n) is 8.62. The fraction of sp³-hybridized carbons (Fsp3) is 0.320. The minimum atomic E-state index is -0.812. The molecule has 5 rings (SSSR count). The molecule has 9 nitrogen and oxygen atoms in total. The number of cyclic esters (lactones) is 1. The number of pyridine rings is 1. The number of carbonyl (C=O) groups is 2. The number of nitrogens with zero attached hydrogens (tertiary/aromatic N) is 2. The summed E-state index contributed by atoms with van der Waals surface area (Å²) in [4.78, 5) is 30.7. The van der Waals surface area contributed by atoms with E-state index in [4.69, 9.17) is 9.47 Å². The zero-order valence-corrected chi connectivity index (χ0v) is 20.3. The number of aromatic nitrogens is 1. The molecule has 3 heterocycles. The van der Waals surface area contributed by atoms with Gasteiger partial charge in [0.1, 0.15) is 17.7 Å². The lowest BCUT2D eigenvalue weighted by molar-refractivity contribution is -0.113. The van der Waals surface area contributed by atoms with E-state index in [2.05, 4.69) is 15.6 Å². The highest BCUT2D eigenvalue weighted by Gasteiger charge is 2.34. The molecule has 0 spiro atoms. The van der Waals surface area contributed by atoms with E-state index in [0.717, 1.165) is 4.90 Å². The maximum Gasteiger partial charge on any atom is 0.414 e. The number of benzene rings is 2. The molecule has 0 unspecified atom stereocenters. The average Bonchev–Trinajstić information content (AvgIpc) is 3.24. The number of hydrogen-bond donors (Lipinski definition) is 3. The number of methoxy groups -OCH3 is 1. The molecule has 2 aliphatic heterocycles. The van der Waals surface area contributed by atoms with Crippen LogP contribution in [0.15, 0.2) is 47.5 Å². The second-order valence-corrected chi connectivity index (χ2v) is 9.64. The van der Waals surface area contributed by atoms with Crippen LogP contribution in [0.2, 0.25) is 0 Å². The van der Waals surface area contributed by atoms with Gasteiger partial charge in [0.05, 0.1) is 42.9 Å². The molecule has 0 saturated carbocycles. The van der Waals surface area contributed by atoms with Crippen LogP contribution in [0.25, 0.3) is 10.9 Å². The highest BCUT2D eigenvalue weighted by atomic mass is 32.2. The molecule has 2 atom stereocenters. The molecule has 3 N–H and O–H groups in total. The number of aliphatic hydroxyl groups excluding tert-OH is 1. The molecule has 1 fully saturated rings. The SMILES string of the molecule is COc1ccc2ncc(F)c(CNC[C@@H](O)C[C@@H]3CN(c4ccc5c(c4)NC(=O)CS5)C(=O)O3)c2c1. The number of nitrogens with one attached hydrogen (secondary N) is 2. The molecule has 2 aliphatic rings. The highest BCUT2D eigenvalue weighted by molar-refractivity contribution is 8.00. The first kappa shape index (κ1) is 24.3. The third kappa shape index (κ3) is 5.08. The number of halogens is 1. The van der Waals surface area contributed by atoms with Gasteiger partial charge in [-0.1, -0.05) is 0 Å². The Labute approximate surface area is 211 Å². The third-order valence-electron chi connectivity index (χ3n) is 6.13. The minimum Gasteiger partial charge on any atom is -0.497 e. The molecule has 1 aromatic heterocycles. The number of carbonyl (C=O) groups excluding carboxylic acids is 2. The van der Waals surface area contributed by atoms with Crippen molar-refractivity contribution in [2.24, 2.45) is 0 Å². The van der Waals surface area contributed by atoms with E-state index < -0.39 is 24.1 Å². The van der Waals surface area contributed by atoms with Gasteiger partial charge in [-0.3, -0.25) is 14.7 Å². The van der Waals surface area contributed by atoms with Crippen LogP contribution in [-0.2, 0) is 16.1 Å². The lowest BCUT2D eigenvalue weighted by atomic mass is 10.1. The van der Waals surface area contributed by atoms with Crippen LogP contribution in [0.3, 0.4) is 0 Å². The van der Waals surface area contributed by atoms with Crippen molar-refractivity contribution in [1.29, 1.82) is 0 Å². The molecule has 188 valence electrons. The number of fused-ring (bicyclic) bond motifs is 2. The second kappa shape index (κ2) is 10.3. The summed E-state index contributed by atoms with van der Waals surface area (Å²) >= 11 is 1.45. The monoisotopic (exact) mass is 512 g/mol. The maximum absolute atomic E-state index is 14.5. The molecular weight excluding hydrogens is 487 g/mol. The topological polar surface area (TPSA) is 113 Å². The molecular formula is C25H25FN4O5S. The zero-order valence-electron chi connectivity index (χ0n) is 19.5. The van der Waals surface area contributed by atoms with Crippen LogP contribution in [0.5, 0.6) is 5.75 Å². The Kier molecular flexibility index (Phi) is 6.95. The van der Waals surface area contributed by atoms with E-state index >= 15 is 0 Å². The first-order valence-electron chi connectivity index (χ1n) is 11.5. The van der Waals surface area contributed by atoms with Gasteiger partial charge in [-0.15, -0.1) is 11.8 Å².